The zero-order chi connectivity index (χ0) is 22.2. The summed E-state index contributed by atoms with van der Waals surface area (Å²) in [4.78, 5) is 9.07. The van der Waals surface area contributed by atoms with Crippen molar-refractivity contribution in [3.05, 3.63) is 78.1 Å². The van der Waals surface area contributed by atoms with E-state index in [0.29, 0.717) is 12.5 Å². The molecule has 32 heavy (non-hydrogen) atoms. The third kappa shape index (κ3) is 6.22. The molecule has 3 heterocycles. The number of nitrogens with zero attached hydrogens (tertiary/aromatic N) is 5. The molecule has 1 aromatic carbocycles. The van der Waals surface area contributed by atoms with Crippen LogP contribution in [0.15, 0.2) is 61.2 Å². The Hall–Kier alpha value is -2.61. The highest BCUT2D eigenvalue weighted by Gasteiger charge is 2.22. The number of aromatic nitrogens is 3. The summed E-state index contributed by atoms with van der Waals surface area (Å²) in [5.74, 6) is 0.406. The number of hydrogen-bond acceptors (Lipinski definition) is 5. The van der Waals surface area contributed by atoms with E-state index in [0.717, 1.165) is 50.6 Å². The van der Waals surface area contributed by atoms with Gasteiger partial charge in [0.15, 0.2) is 0 Å². The molecule has 0 bridgehead atoms. The summed E-state index contributed by atoms with van der Waals surface area (Å²) in [5, 5.41) is 4.37. The maximum Gasteiger partial charge on any atom is 0.123 e. The van der Waals surface area contributed by atoms with Gasteiger partial charge in [-0.15, -0.1) is 0 Å². The van der Waals surface area contributed by atoms with Crippen molar-refractivity contribution in [3.63, 3.8) is 0 Å². The lowest BCUT2D eigenvalue weighted by Crippen LogP contribution is -2.39. The van der Waals surface area contributed by atoms with Crippen LogP contribution in [0.25, 0.3) is 5.69 Å². The van der Waals surface area contributed by atoms with Gasteiger partial charge in [-0.3, -0.25) is 9.88 Å². The van der Waals surface area contributed by atoms with E-state index in [-0.39, 0.29) is 5.82 Å². The maximum atomic E-state index is 14.2. The fourth-order valence-corrected chi connectivity index (χ4v) is 4.47. The van der Waals surface area contributed by atoms with Gasteiger partial charge in [0.1, 0.15) is 5.82 Å². The Balaban J connectivity index is 1.49. The smallest absolute Gasteiger partial charge is 0.123 e. The molecule has 0 N–H and O–H groups in total. The van der Waals surface area contributed by atoms with Crippen LogP contribution in [0.5, 0.6) is 0 Å². The SMILES string of the molecule is COCCN1CCC(CN(Cc2ccncc2)Cc2cc(F)ccc2-n2cccn2)CC1. The zero-order valence-corrected chi connectivity index (χ0v) is 18.7. The number of methoxy groups -OCH3 is 1. The number of likely N-dealkylation sites (tertiary alicyclic amines) is 1. The molecule has 0 amide bonds. The molecule has 7 heteroatoms. The highest BCUT2D eigenvalue weighted by atomic mass is 19.1. The third-order valence-electron chi connectivity index (χ3n) is 6.18. The molecule has 0 radical (unpaired) electrons. The standard InChI is InChI=1S/C25H32FN5O/c1-32-16-15-29-13-7-22(8-14-29)19-30(18-21-5-10-27-11-6-21)20-23-17-24(26)3-4-25(23)31-12-2-9-28-31/h2-6,9-12,17,22H,7-8,13-16,18-20H2,1H3. The first-order valence-corrected chi connectivity index (χ1v) is 11.3. The quantitative estimate of drug-likeness (QED) is 0.483. The van der Waals surface area contributed by atoms with Crippen LogP contribution in [0.2, 0.25) is 0 Å². The summed E-state index contributed by atoms with van der Waals surface area (Å²) >= 11 is 0. The molecule has 1 aliphatic heterocycles. The van der Waals surface area contributed by atoms with Gasteiger partial charge in [0.2, 0.25) is 0 Å². The molecule has 0 unspecified atom stereocenters. The topological polar surface area (TPSA) is 46.4 Å². The number of pyridine rings is 1. The molecule has 0 atom stereocenters. The number of halogens is 1. The fraction of sp³-hybridized carbons (Fsp3) is 0.440. The van der Waals surface area contributed by atoms with Crippen molar-refractivity contribution in [2.24, 2.45) is 5.92 Å². The van der Waals surface area contributed by atoms with E-state index in [2.05, 4.69) is 32.0 Å². The van der Waals surface area contributed by atoms with Gasteiger partial charge in [0.25, 0.3) is 0 Å². The van der Waals surface area contributed by atoms with Gasteiger partial charge in [-0.1, -0.05) is 0 Å². The summed E-state index contributed by atoms with van der Waals surface area (Å²) in [7, 11) is 1.76. The monoisotopic (exact) mass is 437 g/mol. The summed E-state index contributed by atoms with van der Waals surface area (Å²) in [6.07, 6.45) is 9.66. The van der Waals surface area contributed by atoms with E-state index >= 15 is 0 Å². The van der Waals surface area contributed by atoms with E-state index in [1.54, 1.807) is 19.4 Å². The minimum atomic E-state index is -0.216. The molecule has 0 saturated carbocycles. The maximum absolute atomic E-state index is 14.2. The number of benzene rings is 1. The van der Waals surface area contributed by atoms with Crippen LogP contribution in [-0.4, -0.2) is 64.5 Å². The van der Waals surface area contributed by atoms with Gasteiger partial charge in [0, 0.05) is 58.1 Å². The number of hydrogen-bond donors (Lipinski definition) is 0. The Morgan fingerprint density at radius 2 is 1.91 bits per heavy atom. The van der Waals surface area contributed by atoms with Crippen LogP contribution in [0, 0.1) is 11.7 Å². The lowest BCUT2D eigenvalue weighted by atomic mass is 9.95. The minimum absolute atomic E-state index is 0.216. The van der Waals surface area contributed by atoms with Crippen LogP contribution in [-0.2, 0) is 17.8 Å². The molecule has 3 aromatic rings. The zero-order valence-electron chi connectivity index (χ0n) is 18.7. The van der Waals surface area contributed by atoms with Crippen molar-refractivity contribution in [2.75, 3.05) is 39.9 Å². The average Bonchev–Trinajstić information content (AvgIpc) is 3.34. The normalized spacial score (nSPS) is 15.5. The summed E-state index contributed by atoms with van der Waals surface area (Å²) in [5.41, 5.74) is 3.08. The number of rotatable bonds is 10. The van der Waals surface area contributed by atoms with Crippen LogP contribution in [0.3, 0.4) is 0 Å². The van der Waals surface area contributed by atoms with Gasteiger partial charge < -0.3 is 9.64 Å². The van der Waals surface area contributed by atoms with E-state index in [1.165, 1.54) is 24.5 Å². The second-order valence-electron chi connectivity index (χ2n) is 8.53. The van der Waals surface area contributed by atoms with Crippen molar-refractivity contribution in [1.82, 2.24) is 24.6 Å². The van der Waals surface area contributed by atoms with Gasteiger partial charge in [0.05, 0.1) is 12.3 Å². The average molecular weight is 438 g/mol. The Morgan fingerprint density at radius 3 is 2.62 bits per heavy atom. The molecule has 2 aromatic heterocycles. The van der Waals surface area contributed by atoms with Gasteiger partial charge in [-0.05, 0) is 79.4 Å². The Labute approximate surface area is 189 Å². The second-order valence-corrected chi connectivity index (χ2v) is 8.53. The summed E-state index contributed by atoms with van der Waals surface area (Å²) < 4.78 is 21.2. The predicted molar refractivity (Wildman–Crippen MR) is 123 cm³/mol. The van der Waals surface area contributed by atoms with E-state index in [4.69, 9.17) is 4.74 Å². The Kier molecular flexibility index (Phi) is 7.98. The van der Waals surface area contributed by atoms with Crippen molar-refractivity contribution in [2.45, 2.75) is 25.9 Å². The Morgan fingerprint density at radius 1 is 1.09 bits per heavy atom. The van der Waals surface area contributed by atoms with Crippen LogP contribution >= 0.6 is 0 Å². The molecular formula is C25H32FN5O. The first-order valence-electron chi connectivity index (χ1n) is 11.3. The minimum Gasteiger partial charge on any atom is -0.383 e. The molecule has 1 saturated heterocycles. The van der Waals surface area contributed by atoms with Crippen molar-refractivity contribution in [1.29, 1.82) is 0 Å². The highest BCUT2D eigenvalue weighted by Crippen LogP contribution is 2.23. The first-order chi connectivity index (χ1) is 15.7. The molecule has 0 aliphatic carbocycles. The largest absolute Gasteiger partial charge is 0.383 e. The molecule has 1 aliphatic rings. The fourth-order valence-electron chi connectivity index (χ4n) is 4.47. The van der Waals surface area contributed by atoms with E-state index in [1.807, 2.05) is 35.4 Å². The van der Waals surface area contributed by atoms with Gasteiger partial charge in [-0.25, -0.2) is 9.07 Å². The molecule has 1 fully saturated rings. The van der Waals surface area contributed by atoms with Gasteiger partial charge in [-0.2, -0.15) is 5.10 Å². The number of piperidine rings is 1. The molecule has 4 rings (SSSR count). The lowest BCUT2D eigenvalue weighted by Gasteiger charge is -2.35. The number of ether oxygens (including phenoxy) is 1. The van der Waals surface area contributed by atoms with Gasteiger partial charge >= 0.3 is 0 Å². The lowest BCUT2D eigenvalue weighted by molar-refractivity contribution is 0.103. The Bertz CT molecular complexity index is 942. The van der Waals surface area contributed by atoms with E-state index < -0.39 is 0 Å². The summed E-state index contributed by atoms with van der Waals surface area (Å²) in [6, 6.07) is 11.0. The van der Waals surface area contributed by atoms with Crippen LogP contribution in [0.4, 0.5) is 4.39 Å². The van der Waals surface area contributed by atoms with Crippen molar-refractivity contribution in [3.8, 4) is 5.69 Å². The van der Waals surface area contributed by atoms with Crippen LogP contribution < -0.4 is 0 Å². The molecular weight excluding hydrogens is 405 g/mol. The molecule has 170 valence electrons. The molecule has 0 spiro atoms. The first kappa shape index (κ1) is 22.6. The predicted octanol–water partition coefficient (Wildman–Crippen LogP) is 3.77. The molecule has 6 nitrogen and oxygen atoms in total. The van der Waals surface area contributed by atoms with Crippen molar-refractivity contribution >= 4 is 0 Å². The highest BCUT2D eigenvalue weighted by molar-refractivity contribution is 5.40. The van der Waals surface area contributed by atoms with E-state index in [9.17, 15) is 4.39 Å². The van der Waals surface area contributed by atoms with Crippen molar-refractivity contribution < 1.29 is 9.13 Å². The third-order valence-corrected chi connectivity index (χ3v) is 6.18. The second kappa shape index (κ2) is 11.3. The summed E-state index contributed by atoms with van der Waals surface area (Å²) in [6.45, 7) is 6.45. The van der Waals surface area contributed by atoms with Crippen LogP contribution in [0.1, 0.15) is 24.0 Å².